The van der Waals surface area contributed by atoms with Crippen LogP contribution in [0, 0.1) is 0 Å². The van der Waals surface area contributed by atoms with Gasteiger partial charge >= 0.3 is 5.97 Å². The number of carbonyl (C=O) groups excluding carboxylic acids is 2. The van der Waals surface area contributed by atoms with Crippen LogP contribution in [-0.2, 0) is 9.53 Å². The van der Waals surface area contributed by atoms with Crippen LogP contribution in [0.1, 0.15) is 29.8 Å². The van der Waals surface area contributed by atoms with Gasteiger partial charge in [-0.1, -0.05) is 18.2 Å². The van der Waals surface area contributed by atoms with Crippen LogP contribution in [0.25, 0.3) is 6.08 Å². The summed E-state index contributed by atoms with van der Waals surface area (Å²) in [5, 5.41) is 0. The Morgan fingerprint density at radius 3 is 2.36 bits per heavy atom. The molecular weight excluding hydrogens is 360 g/mol. The molecule has 0 unspecified atom stereocenters. The molecule has 2 rings (SSSR count). The number of ketones is 1. The summed E-state index contributed by atoms with van der Waals surface area (Å²) in [5.41, 5.74) is 1.10. The zero-order valence-electron chi connectivity index (χ0n) is 16.4. The molecule has 28 heavy (non-hydrogen) atoms. The van der Waals surface area contributed by atoms with Gasteiger partial charge in [-0.15, -0.1) is 0 Å². The first-order valence-corrected chi connectivity index (χ1v) is 8.80. The highest BCUT2D eigenvalue weighted by atomic mass is 16.5. The van der Waals surface area contributed by atoms with Gasteiger partial charge in [0.25, 0.3) is 0 Å². The summed E-state index contributed by atoms with van der Waals surface area (Å²) in [6.07, 6.45) is 2.86. The van der Waals surface area contributed by atoms with Crippen LogP contribution in [0.2, 0.25) is 0 Å². The Kier molecular flexibility index (Phi) is 7.63. The SMILES string of the molecule is COc1cc(/C=C/C(=O)OCC(=O)c2ccccc2OC)ccc1OC(C)C. The number of methoxy groups -OCH3 is 2. The first-order valence-electron chi connectivity index (χ1n) is 8.80. The second-order valence-corrected chi connectivity index (χ2v) is 6.14. The van der Waals surface area contributed by atoms with Gasteiger partial charge in [-0.05, 0) is 49.8 Å². The van der Waals surface area contributed by atoms with E-state index >= 15 is 0 Å². The Morgan fingerprint density at radius 2 is 1.68 bits per heavy atom. The van der Waals surface area contributed by atoms with E-state index in [0.29, 0.717) is 22.8 Å². The predicted molar refractivity (Wildman–Crippen MR) is 106 cm³/mol. The van der Waals surface area contributed by atoms with Gasteiger partial charge in [-0.25, -0.2) is 4.79 Å². The van der Waals surface area contributed by atoms with Crippen LogP contribution in [0.5, 0.6) is 17.2 Å². The minimum Gasteiger partial charge on any atom is -0.496 e. The topological polar surface area (TPSA) is 71.1 Å². The third kappa shape index (κ3) is 5.87. The Balaban J connectivity index is 1.97. The molecule has 6 heteroatoms. The van der Waals surface area contributed by atoms with E-state index in [0.717, 1.165) is 5.56 Å². The molecule has 0 bridgehead atoms. The Bertz CT molecular complexity index is 854. The lowest BCUT2D eigenvalue weighted by atomic mass is 10.1. The molecular formula is C22H24O6. The lowest BCUT2D eigenvalue weighted by Gasteiger charge is -2.13. The normalized spacial score (nSPS) is 10.8. The summed E-state index contributed by atoms with van der Waals surface area (Å²) < 4.78 is 21.1. The standard InChI is InChI=1S/C22H24O6/c1-15(2)28-20-11-9-16(13-21(20)26-4)10-12-22(24)27-14-18(23)17-7-5-6-8-19(17)25-3/h5-13,15H,14H2,1-4H3/b12-10+. The van der Waals surface area contributed by atoms with Gasteiger partial charge < -0.3 is 18.9 Å². The molecule has 0 aliphatic heterocycles. The smallest absolute Gasteiger partial charge is 0.331 e. The van der Waals surface area contributed by atoms with Crippen LogP contribution in [0.15, 0.2) is 48.5 Å². The maximum absolute atomic E-state index is 12.2. The number of para-hydroxylation sites is 1. The molecule has 0 aliphatic carbocycles. The summed E-state index contributed by atoms with van der Waals surface area (Å²) in [4.78, 5) is 24.1. The number of benzene rings is 2. The Morgan fingerprint density at radius 1 is 0.964 bits per heavy atom. The average Bonchev–Trinajstić information content (AvgIpc) is 2.70. The summed E-state index contributed by atoms with van der Waals surface area (Å²) in [7, 11) is 3.03. The molecule has 2 aromatic rings. The number of carbonyl (C=O) groups is 2. The van der Waals surface area contributed by atoms with E-state index in [1.54, 1.807) is 55.7 Å². The molecule has 0 radical (unpaired) electrons. The van der Waals surface area contributed by atoms with Crippen LogP contribution in [0.3, 0.4) is 0 Å². The average molecular weight is 384 g/mol. The zero-order chi connectivity index (χ0) is 20.5. The molecule has 148 valence electrons. The third-order valence-corrected chi connectivity index (χ3v) is 3.72. The molecule has 0 heterocycles. The van der Waals surface area contributed by atoms with Crippen molar-refractivity contribution in [3.8, 4) is 17.2 Å². The highest BCUT2D eigenvalue weighted by molar-refractivity contribution is 6.01. The lowest BCUT2D eigenvalue weighted by Crippen LogP contribution is -2.13. The summed E-state index contributed by atoms with van der Waals surface area (Å²) >= 11 is 0. The van der Waals surface area contributed by atoms with Gasteiger partial charge in [-0.2, -0.15) is 0 Å². The van der Waals surface area contributed by atoms with Crippen LogP contribution < -0.4 is 14.2 Å². The second kappa shape index (κ2) is 10.2. The lowest BCUT2D eigenvalue weighted by molar-refractivity contribution is -0.136. The molecule has 2 aromatic carbocycles. The van der Waals surface area contributed by atoms with Crippen molar-refractivity contribution in [3.05, 3.63) is 59.7 Å². The monoisotopic (exact) mass is 384 g/mol. The highest BCUT2D eigenvalue weighted by Crippen LogP contribution is 2.29. The van der Waals surface area contributed by atoms with E-state index in [4.69, 9.17) is 18.9 Å². The number of Topliss-reactive ketones (excluding diaryl/α,β-unsaturated/α-hetero) is 1. The molecule has 0 spiro atoms. The fourth-order valence-corrected chi connectivity index (χ4v) is 2.44. The molecule has 0 N–H and O–H groups in total. The van der Waals surface area contributed by atoms with Crippen molar-refractivity contribution in [3.63, 3.8) is 0 Å². The van der Waals surface area contributed by atoms with E-state index in [1.807, 2.05) is 13.8 Å². The molecule has 0 saturated carbocycles. The van der Waals surface area contributed by atoms with Crippen molar-refractivity contribution in [2.75, 3.05) is 20.8 Å². The molecule has 0 saturated heterocycles. The fourth-order valence-electron chi connectivity index (χ4n) is 2.44. The number of esters is 1. The molecule has 0 aromatic heterocycles. The van der Waals surface area contributed by atoms with Crippen LogP contribution >= 0.6 is 0 Å². The quantitative estimate of drug-likeness (QED) is 0.371. The van der Waals surface area contributed by atoms with Crippen LogP contribution in [0.4, 0.5) is 0 Å². The van der Waals surface area contributed by atoms with E-state index in [9.17, 15) is 9.59 Å². The Hall–Kier alpha value is -3.28. The first kappa shape index (κ1) is 21.0. The van der Waals surface area contributed by atoms with Gasteiger partial charge in [0.15, 0.2) is 18.1 Å². The summed E-state index contributed by atoms with van der Waals surface area (Å²) in [6, 6.07) is 12.1. The third-order valence-electron chi connectivity index (χ3n) is 3.72. The molecule has 0 aliphatic rings. The largest absolute Gasteiger partial charge is 0.496 e. The van der Waals surface area contributed by atoms with Gasteiger partial charge in [0.05, 0.1) is 25.9 Å². The second-order valence-electron chi connectivity index (χ2n) is 6.14. The molecule has 0 fully saturated rings. The van der Waals surface area contributed by atoms with Gasteiger partial charge in [0, 0.05) is 6.08 Å². The maximum atomic E-state index is 12.2. The minimum atomic E-state index is -0.621. The van der Waals surface area contributed by atoms with Crippen LogP contribution in [-0.4, -0.2) is 38.7 Å². The molecule has 6 nitrogen and oxygen atoms in total. The van der Waals surface area contributed by atoms with E-state index in [-0.39, 0.29) is 18.5 Å². The van der Waals surface area contributed by atoms with Crippen molar-refractivity contribution < 1.29 is 28.5 Å². The first-order chi connectivity index (χ1) is 13.4. The van der Waals surface area contributed by atoms with E-state index in [1.165, 1.54) is 13.2 Å². The fraction of sp³-hybridized carbons (Fsp3) is 0.273. The number of hydrogen-bond acceptors (Lipinski definition) is 6. The Labute approximate surface area is 164 Å². The van der Waals surface area contributed by atoms with Crippen molar-refractivity contribution in [1.29, 1.82) is 0 Å². The molecule has 0 atom stereocenters. The minimum absolute atomic E-state index is 0.0195. The highest BCUT2D eigenvalue weighted by Gasteiger charge is 2.13. The van der Waals surface area contributed by atoms with Gasteiger partial charge in [0.2, 0.25) is 5.78 Å². The molecule has 0 amide bonds. The van der Waals surface area contributed by atoms with E-state index < -0.39 is 5.97 Å². The summed E-state index contributed by atoms with van der Waals surface area (Å²) in [5.74, 6) is 0.672. The number of rotatable bonds is 9. The van der Waals surface area contributed by atoms with Crippen molar-refractivity contribution in [2.24, 2.45) is 0 Å². The van der Waals surface area contributed by atoms with E-state index in [2.05, 4.69) is 0 Å². The zero-order valence-corrected chi connectivity index (χ0v) is 16.4. The van der Waals surface area contributed by atoms with Crippen molar-refractivity contribution in [2.45, 2.75) is 20.0 Å². The van der Waals surface area contributed by atoms with Gasteiger partial charge in [0.1, 0.15) is 5.75 Å². The summed E-state index contributed by atoms with van der Waals surface area (Å²) in [6.45, 7) is 3.49. The maximum Gasteiger partial charge on any atom is 0.331 e. The van der Waals surface area contributed by atoms with Crippen molar-refractivity contribution >= 4 is 17.8 Å². The predicted octanol–water partition coefficient (Wildman–Crippen LogP) is 3.93. The van der Waals surface area contributed by atoms with Gasteiger partial charge in [-0.3, -0.25) is 4.79 Å². The number of ether oxygens (including phenoxy) is 4. The number of hydrogen-bond donors (Lipinski definition) is 0. The van der Waals surface area contributed by atoms with Crippen molar-refractivity contribution in [1.82, 2.24) is 0 Å².